The van der Waals surface area contributed by atoms with E-state index in [1.54, 1.807) is 37.8 Å². The van der Waals surface area contributed by atoms with Gasteiger partial charge < -0.3 is 15.4 Å². The van der Waals surface area contributed by atoms with Gasteiger partial charge in [-0.15, -0.1) is 0 Å². The van der Waals surface area contributed by atoms with E-state index in [1.807, 2.05) is 12.1 Å². The summed E-state index contributed by atoms with van der Waals surface area (Å²) in [4.78, 5) is 45.5. The molecule has 0 aromatic heterocycles. The van der Waals surface area contributed by atoms with Crippen molar-refractivity contribution in [1.29, 1.82) is 0 Å². The number of hydrogen-bond donors (Lipinski definition) is 1. The highest BCUT2D eigenvalue weighted by atomic mass is 19.1. The van der Waals surface area contributed by atoms with Crippen molar-refractivity contribution >= 4 is 23.5 Å². The summed E-state index contributed by atoms with van der Waals surface area (Å²) in [5.41, 5.74) is 7.59. The van der Waals surface area contributed by atoms with Gasteiger partial charge in [-0.25, -0.2) is 9.18 Å². The van der Waals surface area contributed by atoms with Crippen LogP contribution >= 0.6 is 0 Å². The third-order valence-corrected chi connectivity index (χ3v) is 10.1. The first kappa shape index (κ1) is 30.6. The highest BCUT2D eigenvalue weighted by Gasteiger charge is 2.52. The van der Waals surface area contributed by atoms with E-state index < -0.39 is 35.4 Å². The van der Waals surface area contributed by atoms with Crippen molar-refractivity contribution < 1.29 is 23.5 Å². The largest absolute Gasteiger partial charge is 0.444 e. The van der Waals surface area contributed by atoms with E-state index in [9.17, 15) is 14.4 Å². The molecule has 4 fully saturated rings. The Morgan fingerprint density at radius 2 is 1.80 bits per heavy atom. The van der Waals surface area contributed by atoms with Crippen molar-refractivity contribution in [3.63, 3.8) is 0 Å². The molecule has 236 valence electrons. The molecule has 2 aromatic rings. The predicted octanol–water partition coefficient (Wildman–Crippen LogP) is 4.93. The molecule has 6 atom stereocenters. The van der Waals surface area contributed by atoms with Crippen LogP contribution in [0.3, 0.4) is 0 Å². The third-order valence-electron chi connectivity index (χ3n) is 10.1. The number of benzene rings is 2. The van der Waals surface area contributed by atoms with Gasteiger partial charge in [-0.05, 0) is 94.5 Å². The molecule has 8 nitrogen and oxygen atoms in total. The standard InChI is InChI=1S/C35H45FN4O4/c1-35(2,3)44-34(43)40-28-12-10-24(16-28)32(40)31(41)17-26(33(37)42)15-23-9-11-27(18-29(23)36)39-20-25-13-14-38(30(25)21-39)19-22-7-5-4-6-8-22/h4-9,11,18,24-26,28,30,32H,10,12-17,19-21H2,1-3H3,(H2,37,42)/t24-,25?,26+,28+,30?,32-/m0/s1. The fraction of sp³-hybridized carbons (Fsp3) is 0.571. The van der Waals surface area contributed by atoms with Crippen molar-refractivity contribution in [3.05, 3.63) is 65.5 Å². The number of hydrogen-bond acceptors (Lipinski definition) is 6. The summed E-state index contributed by atoms with van der Waals surface area (Å²) in [6, 6.07) is 15.5. The molecule has 4 aliphatic rings. The lowest BCUT2D eigenvalue weighted by molar-refractivity contribution is -0.131. The smallest absolute Gasteiger partial charge is 0.411 e. The van der Waals surface area contributed by atoms with E-state index in [2.05, 4.69) is 34.1 Å². The van der Waals surface area contributed by atoms with E-state index in [1.165, 1.54) is 5.56 Å². The number of fused-ring (bicyclic) bond motifs is 3. The summed E-state index contributed by atoms with van der Waals surface area (Å²) in [5.74, 6) is -1.49. The summed E-state index contributed by atoms with van der Waals surface area (Å²) in [6.45, 7) is 9.15. The second-order valence-corrected chi connectivity index (χ2v) is 14.3. The summed E-state index contributed by atoms with van der Waals surface area (Å²) in [5, 5.41) is 0. The second kappa shape index (κ2) is 12.1. The molecule has 2 N–H and O–H groups in total. The minimum absolute atomic E-state index is 0.0312. The van der Waals surface area contributed by atoms with E-state index in [0.717, 1.165) is 57.5 Å². The number of Topliss-reactive ketones (excluding diaryl/α,β-unsaturated/α-hetero) is 1. The first-order chi connectivity index (χ1) is 21.0. The number of anilines is 1. The van der Waals surface area contributed by atoms with E-state index >= 15 is 4.39 Å². The molecule has 1 saturated carbocycles. The van der Waals surface area contributed by atoms with Gasteiger partial charge in [-0.3, -0.25) is 19.4 Å². The lowest BCUT2D eigenvalue weighted by Gasteiger charge is -2.36. The monoisotopic (exact) mass is 604 g/mol. The Labute approximate surface area is 259 Å². The maximum absolute atomic E-state index is 15.5. The van der Waals surface area contributed by atoms with Crippen molar-refractivity contribution in [2.24, 2.45) is 23.5 Å². The maximum atomic E-state index is 15.5. The number of nitrogens with two attached hydrogens (primary N) is 1. The number of halogens is 1. The molecular weight excluding hydrogens is 559 g/mol. The SMILES string of the molecule is CC(C)(C)OC(=O)N1[C@@H]2CC[C@@H](C2)[C@H]1C(=O)C[C@@H](Cc1ccc(N2CC3CCN(Cc4ccccc4)C3C2)cc1F)C(N)=O. The highest BCUT2D eigenvalue weighted by Crippen LogP contribution is 2.44. The number of ether oxygens (including phenoxy) is 1. The average Bonchev–Trinajstić information content (AvgIpc) is 3.75. The molecule has 3 saturated heterocycles. The van der Waals surface area contributed by atoms with Crippen LogP contribution in [-0.2, 0) is 27.3 Å². The number of carbonyl (C=O) groups excluding carboxylic acids is 3. The van der Waals surface area contributed by atoms with Gasteiger partial charge in [0.2, 0.25) is 5.91 Å². The normalized spacial score (nSPS) is 27.0. The first-order valence-electron chi connectivity index (χ1n) is 16.1. The molecule has 44 heavy (non-hydrogen) atoms. The van der Waals surface area contributed by atoms with Crippen molar-refractivity contribution in [2.45, 2.75) is 89.6 Å². The van der Waals surface area contributed by atoms with Gasteiger partial charge in [0, 0.05) is 49.7 Å². The zero-order valence-electron chi connectivity index (χ0n) is 26.1. The van der Waals surface area contributed by atoms with E-state index in [0.29, 0.717) is 17.5 Å². The van der Waals surface area contributed by atoms with Gasteiger partial charge in [0.25, 0.3) is 0 Å². The number of carbonyl (C=O) groups is 3. The number of primary amides is 1. The van der Waals surface area contributed by atoms with Crippen molar-refractivity contribution in [1.82, 2.24) is 9.80 Å². The van der Waals surface area contributed by atoms with Crippen molar-refractivity contribution in [3.8, 4) is 0 Å². The Morgan fingerprint density at radius 1 is 1.02 bits per heavy atom. The number of piperidine rings is 1. The van der Waals surface area contributed by atoms with Gasteiger partial charge in [0.05, 0.1) is 6.04 Å². The number of nitrogens with zero attached hydrogens (tertiary/aromatic N) is 3. The minimum Gasteiger partial charge on any atom is -0.444 e. The zero-order valence-corrected chi connectivity index (χ0v) is 26.1. The topological polar surface area (TPSA) is 96.2 Å². The first-order valence-corrected chi connectivity index (χ1v) is 16.1. The van der Waals surface area contributed by atoms with Crippen LogP contribution in [0.2, 0.25) is 0 Å². The molecule has 2 bridgehead atoms. The minimum atomic E-state index is -0.861. The van der Waals surface area contributed by atoms with E-state index in [4.69, 9.17) is 10.5 Å². The molecule has 3 aliphatic heterocycles. The Bertz CT molecular complexity index is 1390. The van der Waals surface area contributed by atoms with Crippen LogP contribution in [0.15, 0.2) is 48.5 Å². The second-order valence-electron chi connectivity index (χ2n) is 14.3. The van der Waals surface area contributed by atoms with Gasteiger partial charge in [-0.1, -0.05) is 36.4 Å². The van der Waals surface area contributed by atoms with Crippen molar-refractivity contribution in [2.75, 3.05) is 24.5 Å². The Balaban J connectivity index is 1.10. The number of rotatable bonds is 9. The van der Waals surface area contributed by atoms with Gasteiger partial charge >= 0.3 is 6.09 Å². The molecule has 3 heterocycles. The van der Waals surface area contributed by atoms with Crippen LogP contribution < -0.4 is 10.6 Å². The Kier molecular flexibility index (Phi) is 8.44. The predicted molar refractivity (Wildman–Crippen MR) is 166 cm³/mol. The molecule has 9 heteroatoms. The summed E-state index contributed by atoms with van der Waals surface area (Å²) in [6.07, 6.45) is 3.02. The molecular formula is C35H45FN4O4. The van der Waals surface area contributed by atoms with Gasteiger partial charge in [0.1, 0.15) is 11.4 Å². The van der Waals surface area contributed by atoms with E-state index in [-0.39, 0.29) is 30.6 Å². The van der Waals surface area contributed by atoms with Gasteiger partial charge in [-0.2, -0.15) is 0 Å². The Hall–Kier alpha value is -3.46. The summed E-state index contributed by atoms with van der Waals surface area (Å²) >= 11 is 0. The fourth-order valence-corrected chi connectivity index (χ4v) is 8.06. The summed E-state index contributed by atoms with van der Waals surface area (Å²) < 4.78 is 21.1. The lowest BCUT2D eigenvalue weighted by atomic mass is 9.87. The van der Waals surface area contributed by atoms with Gasteiger partial charge in [0.15, 0.2) is 5.78 Å². The van der Waals surface area contributed by atoms with Crippen LogP contribution in [0, 0.1) is 23.6 Å². The van der Waals surface area contributed by atoms with Crippen LogP contribution in [0.5, 0.6) is 0 Å². The van der Waals surface area contributed by atoms with Crippen LogP contribution in [0.4, 0.5) is 14.9 Å². The lowest BCUT2D eigenvalue weighted by Crippen LogP contribution is -2.51. The molecule has 2 unspecified atom stereocenters. The zero-order chi connectivity index (χ0) is 31.2. The molecule has 0 spiro atoms. The number of amides is 2. The van der Waals surface area contributed by atoms with Crippen LogP contribution in [0.25, 0.3) is 0 Å². The molecule has 2 amide bonds. The molecule has 0 radical (unpaired) electrons. The third kappa shape index (κ3) is 6.34. The molecule has 2 aromatic carbocycles. The fourth-order valence-electron chi connectivity index (χ4n) is 8.06. The Morgan fingerprint density at radius 3 is 2.50 bits per heavy atom. The number of ketones is 1. The highest BCUT2D eigenvalue weighted by molar-refractivity contribution is 5.92. The summed E-state index contributed by atoms with van der Waals surface area (Å²) in [7, 11) is 0. The quantitative estimate of drug-likeness (QED) is 0.436. The number of likely N-dealkylation sites (tertiary alicyclic amines) is 2. The van der Waals surface area contributed by atoms with Crippen LogP contribution in [0.1, 0.15) is 64.0 Å². The molecule has 1 aliphatic carbocycles. The molecule has 6 rings (SSSR count). The maximum Gasteiger partial charge on any atom is 0.411 e. The average molecular weight is 605 g/mol. The van der Waals surface area contributed by atoms with Crippen LogP contribution in [-0.4, -0.2) is 70.9 Å².